The smallest absolute Gasteiger partial charge is 0.341 e. The third-order valence-electron chi connectivity index (χ3n) is 3.02. The molecule has 3 heteroatoms. The fourth-order valence-electron chi connectivity index (χ4n) is 2.03. The maximum atomic E-state index is 11.9. The Labute approximate surface area is 124 Å². The standard InChI is InChI=1S/C18H18O3/c1-3-8-15-11-7-12-16(18(19)20-2)17(15)21-13-14-9-5-4-6-10-14/h3-12H,13H2,1-2H3/b8-3+. The topological polar surface area (TPSA) is 35.5 Å². The average molecular weight is 282 g/mol. The van der Waals surface area contributed by atoms with Crippen molar-refractivity contribution in [3.63, 3.8) is 0 Å². The van der Waals surface area contributed by atoms with Crippen molar-refractivity contribution >= 4 is 12.0 Å². The Hall–Kier alpha value is -2.55. The molecule has 0 saturated carbocycles. The summed E-state index contributed by atoms with van der Waals surface area (Å²) >= 11 is 0. The van der Waals surface area contributed by atoms with Gasteiger partial charge in [0.05, 0.1) is 7.11 Å². The number of carbonyl (C=O) groups excluding carboxylic acids is 1. The van der Waals surface area contributed by atoms with E-state index in [1.807, 2.05) is 61.5 Å². The minimum absolute atomic E-state index is 0.399. The number of allylic oxidation sites excluding steroid dienone is 1. The first-order valence-corrected chi connectivity index (χ1v) is 6.77. The van der Waals surface area contributed by atoms with Crippen molar-refractivity contribution in [1.82, 2.24) is 0 Å². The third-order valence-corrected chi connectivity index (χ3v) is 3.02. The van der Waals surface area contributed by atoms with Gasteiger partial charge in [-0.15, -0.1) is 0 Å². The van der Waals surface area contributed by atoms with Gasteiger partial charge in [0.15, 0.2) is 0 Å². The van der Waals surface area contributed by atoms with Gasteiger partial charge in [-0.1, -0.05) is 54.6 Å². The number of carbonyl (C=O) groups is 1. The van der Waals surface area contributed by atoms with Crippen molar-refractivity contribution in [3.8, 4) is 5.75 Å². The normalized spacial score (nSPS) is 10.6. The van der Waals surface area contributed by atoms with Crippen molar-refractivity contribution in [2.45, 2.75) is 13.5 Å². The lowest BCUT2D eigenvalue weighted by Crippen LogP contribution is -2.07. The van der Waals surface area contributed by atoms with Crippen LogP contribution in [-0.2, 0) is 11.3 Å². The van der Waals surface area contributed by atoms with E-state index in [9.17, 15) is 4.79 Å². The highest BCUT2D eigenvalue weighted by Gasteiger charge is 2.15. The maximum Gasteiger partial charge on any atom is 0.341 e. The van der Waals surface area contributed by atoms with Gasteiger partial charge < -0.3 is 9.47 Å². The summed E-state index contributed by atoms with van der Waals surface area (Å²) in [4.78, 5) is 11.9. The molecule has 0 aliphatic heterocycles. The lowest BCUT2D eigenvalue weighted by atomic mass is 10.1. The second kappa shape index (κ2) is 7.29. The van der Waals surface area contributed by atoms with Crippen molar-refractivity contribution in [3.05, 3.63) is 71.3 Å². The highest BCUT2D eigenvalue weighted by Crippen LogP contribution is 2.27. The van der Waals surface area contributed by atoms with Gasteiger partial charge in [0.25, 0.3) is 0 Å². The SMILES string of the molecule is C/C=C/c1cccc(C(=O)OC)c1OCc1ccccc1. The molecule has 0 N–H and O–H groups in total. The predicted molar refractivity (Wildman–Crippen MR) is 83.3 cm³/mol. The van der Waals surface area contributed by atoms with E-state index in [2.05, 4.69) is 0 Å². The van der Waals surface area contributed by atoms with E-state index < -0.39 is 5.97 Å². The zero-order chi connectivity index (χ0) is 15.1. The van der Waals surface area contributed by atoms with E-state index in [-0.39, 0.29) is 0 Å². The van der Waals surface area contributed by atoms with Crippen molar-refractivity contribution in [2.75, 3.05) is 7.11 Å². The Balaban J connectivity index is 2.32. The van der Waals surface area contributed by atoms with Gasteiger partial charge >= 0.3 is 5.97 Å². The van der Waals surface area contributed by atoms with Gasteiger partial charge in [0, 0.05) is 5.56 Å². The summed E-state index contributed by atoms with van der Waals surface area (Å²) in [5.41, 5.74) is 2.34. The van der Waals surface area contributed by atoms with Gasteiger partial charge in [-0.2, -0.15) is 0 Å². The van der Waals surface area contributed by atoms with E-state index >= 15 is 0 Å². The van der Waals surface area contributed by atoms with Gasteiger partial charge in [0.1, 0.15) is 17.9 Å². The first-order valence-electron chi connectivity index (χ1n) is 6.77. The molecule has 0 bridgehead atoms. The van der Waals surface area contributed by atoms with Crippen LogP contribution in [0.2, 0.25) is 0 Å². The first kappa shape index (κ1) is 14.9. The molecule has 0 aliphatic rings. The summed E-state index contributed by atoms with van der Waals surface area (Å²) in [6.45, 7) is 2.32. The lowest BCUT2D eigenvalue weighted by molar-refractivity contribution is 0.0595. The summed E-state index contributed by atoms with van der Waals surface area (Å²) in [6, 6.07) is 15.3. The molecular formula is C18H18O3. The molecule has 0 spiro atoms. The van der Waals surface area contributed by atoms with Crippen molar-refractivity contribution < 1.29 is 14.3 Å². The number of esters is 1. The average Bonchev–Trinajstić information content (AvgIpc) is 2.54. The number of rotatable bonds is 5. The van der Waals surface area contributed by atoms with E-state index in [1.54, 1.807) is 6.07 Å². The molecule has 0 saturated heterocycles. The number of hydrogen-bond donors (Lipinski definition) is 0. The zero-order valence-corrected chi connectivity index (χ0v) is 12.2. The Morgan fingerprint density at radius 1 is 1.10 bits per heavy atom. The van der Waals surface area contributed by atoms with Crippen LogP contribution in [0.25, 0.3) is 6.08 Å². The molecule has 0 fully saturated rings. The van der Waals surface area contributed by atoms with Crippen LogP contribution >= 0.6 is 0 Å². The molecular weight excluding hydrogens is 264 g/mol. The fourth-order valence-corrected chi connectivity index (χ4v) is 2.03. The van der Waals surface area contributed by atoms with Crippen LogP contribution in [0.1, 0.15) is 28.4 Å². The minimum atomic E-state index is -0.399. The van der Waals surface area contributed by atoms with Crippen LogP contribution in [-0.4, -0.2) is 13.1 Å². The van der Waals surface area contributed by atoms with Crippen LogP contribution in [0, 0.1) is 0 Å². The van der Waals surface area contributed by atoms with Crippen LogP contribution in [0.5, 0.6) is 5.75 Å². The zero-order valence-electron chi connectivity index (χ0n) is 12.2. The maximum absolute atomic E-state index is 11.9. The summed E-state index contributed by atoms with van der Waals surface area (Å²) < 4.78 is 10.7. The van der Waals surface area contributed by atoms with E-state index in [0.29, 0.717) is 17.9 Å². The molecule has 108 valence electrons. The molecule has 2 rings (SSSR count). The third kappa shape index (κ3) is 3.72. The monoisotopic (exact) mass is 282 g/mol. The Morgan fingerprint density at radius 3 is 2.52 bits per heavy atom. The summed E-state index contributed by atoms with van der Waals surface area (Å²) in [6.07, 6.45) is 3.82. The Bertz CT molecular complexity index is 630. The highest BCUT2D eigenvalue weighted by atomic mass is 16.5. The van der Waals surface area contributed by atoms with Crippen LogP contribution in [0.15, 0.2) is 54.6 Å². The number of benzene rings is 2. The van der Waals surface area contributed by atoms with Gasteiger partial charge in [-0.3, -0.25) is 0 Å². The molecule has 2 aromatic carbocycles. The second-order valence-corrected chi connectivity index (χ2v) is 4.49. The molecule has 0 aliphatic carbocycles. The number of para-hydroxylation sites is 1. The van der Waals surface area contributed by atoms with Crippen molar-refractivity contribution in [2.24, 2.45) is 0 Å². The van der Waals surface area contributed by atoms with Crippen LogP contribution < -0.4 is 4.74 Å². The Morgan fingerprint density at radius 2 is 1.86 bits per heavy atom. The largest absolute Gasteiger partial charge is 0.487 e. The number of methoxy groups -OCH3 is 1. The van der Waals surface area contributed by atoms with E-state index in [1.165, 1.54) is 7.11 Å². The molecule has 0 unspecified atom stereocenters. The molecule has 3 nitrogen and oxygen atoms in total. The van der Waals surface area contributed by atoms with E-state index in [4.69, 9.17) is 9.47 Å². The quantitative estimate of drug-likeness (QED) is 0.775. The van der Waals surface area contributed by atoms with Crippen LogP contribution in [0.4, 0.5) is 0 Å². The summed E-state index contributed by atoms with van der Waals surface area (Å²) in [7, 11) is 1.37. The molecule has 0 aromatic heterocycles. The van der Waals surface area contributed by atoms with Gasteiger partial charge in [-0.05, 0) is 18.6 Å². The molecule has 0 heterocycles. The number of ether oxygens (including phenoxy) is 2. The minimum Gasteiger partial charge on any atom is -0.487 e. The molecule has 0 radical (unpaired) electrons. The van der Waals surface area contributed by atoms with E-state index in [0.717, 1.165) is 11.1 Å². The van der Waals surface area contributed by atoms with Crippen molar-refractivity contribution in [1.29, 1.82) is 0 Å². The predicted octanol–water partition coefficient (Wildman–Crippen LogP) is 4.09. The summed E-state index contributed by atoms with van der Waals surface area (Å²) in [5, 5.41) is 0. The second-order valence-electron chi connectivity index (χ2n) is 4.49. The molecule has 2 aromatic rings. The van der Waals surface area contributed by atoms with Crippen LogP contribution in [0.3, 0.4) is 0 Å². The lowest BCUT2D eigenvalue weighted by Gasteiger charge is -2.13. The van der Waals surface area contributed by atoms with Gasteiger partial charge in [-0.25, -0.2) is 4.79 Å². The fraction of sp³-hybridized carbons (Fsp3) is 0.167. The molecule has 0 atom stereocenters. The first-order chi connectivity index (χ1) is 10.3. The Kier molecular flexibility index (Phi) is 5.16. The van der Waals surface area contributed by atoms with Gasteiger partial charge in [0.2, 0.25) is 0 Å². The molecule has 0 amide bonds. The summed E-state index contributed by atoms with van der Waals surface area (Å²) in [5.74, 6) is 0.149. The highest BCUT2D eigenvalue weighted by molar-refractivity contribution is 5.93. The number of hydrogen-bond acceptors (Lipinski definition) is 3. The molecule has 21 heavy (non-hydrogen) atoms.